The molecule has 0 bridgehead atoms. The van der Waals surface area contributed by atoms with E-state index in [4.69, 9.17) is 4.74 Å². The first-order chi connectivity index (χ1) is 12.7. The van der Waals surface area contributed by atoms with Gasteiger partial charge in [-0.25, -0.2) is 0 Å². The molecular formula is C23H33NO2. The highest BCUT2D eigenvalue weighted by Gasteiger charge is 2.37. The topological polar surface area (TPSA) is 32.7 Å². The van der Waals surface area contributed by atoms with Gasteiger partial charge in [0, 0.05) is 32.7 Å². The summed E-state index contributed by atoms with van der Waals surface area (Å²) in [7, 11) is 1.76. The first kappa shape index (κ1) is 18.2. The van der Waals surface area contributed by atoms with Crippen molar-refractivity contribution in [3.8, 4) is 0 Å². The van der Waals surface area contributed by atoms with Crippen molar-refractivity contribution >= 4 is 6.08 Å². The molecule has 2 atom stereocenters. The largest absolute Gasteiger partial charge is 0.385 e. The summed E-state index contributed by atoms with van der Waals surface area (Å²) in [6, 6.07) is 9.31. The lowest BCUT2D eigenvalue weighted by molar-refractivity contribution is -0.0632. The second kappa shape index (κ2) is 7.84. The van der Waals surface area contributed by atoms with Crippen molar-refractivity contribution in [2.24, 2.45) is 0 Å². The normalized spacial score (nSPS) is 30.8. The minimum Gasteiger partial charge on any atom is -0.385 e. The molecule has 0 amide bonds. The summed E-state index contributed by atoms with van der Waals surface area (Å²) in [5.74, 6) is 0. The number of nitrogens with zero attached hydrogens (tertiary/aromatic N) is 1. The van der Waals surface area contributed by atoms with E-state index in [2.05, 4.69) is 35.2 Å². The Morgan fingerprint density at radius 1 is 1.12 bits per heavy atom. The molecular weight excluding hydrogens is 322 g/mol. The number of likely N-dealkylation sites (tertiary alicyclic amines) is 1. The van der Waals surface area contributed by atoms with Crippen LogP contribution in [0.5, 0.6) is 0 Å². The van der Waals surface area contributed by atoms with Crippen molar-refractivity contribution in [3.05, 3.63) is 41.0 Å². The number of ether oxygens (including phenoxy) is 1. The lowest BCUT2D eigenvalue weighted by Gasteiger charge is -2.40. The Kier molecular flexibility index (Phi) is 5.49. The van der Waals surface area contributed by atoms with Gasteiger partial charge in [0.25, 0.3) is 0 Å². The maximum Gasteiger partial charge on any atom is 0.0927 e. The van der Waals surface area contributed by atoms with Crippen LogP contribution in [0, 0.1) is 0 Å². The highest BCUT2D eigenvalue weighted by Crippen LogP contribution is 2.40. The fraction of sp³-hybridized carbons (Fsp3) is 0.652. The SMILES string of the molecule is COC1CCCC(O)(c2ccccc2C=C2CCN(C3CCC3)CC2)C1. The molecule has 4 rings (SSSR count). The molecule has 3 heteroatoms. The quantitative estimate of drug-likeness (QED) is 0.863. The number of piperidine rings is 1. The number of rotatable bonds is 4. The van der Waals surface area contributed by atoms with E-state index in [-0.39, 0.29) is 6.10 Å². The van der Waals surface area contributed by atoms with Gasteiger partial charge < -0.3 is 9.84 Å². The highest BCUT2D eigenvalue weighted by atomic mass is 16.5. The molecule has 0 spiro atoms. The Balaban J connectivity index is 1.51. The van der Waals surface area contributed by atoms with Gasteiger partial charge in [0.05, 0.1) is 11.7 Å². The van der Waals surface area contributed by atoms with Crippen molar-refractivity contribution < 1.29 is 9.84 Å². The third-order valence-electron chi connectivity index (χ3n) is 6.87. The molecule has 26 heavy (non-hydrogen) atoms. The van der Waals surface area contributed by atoms with Gasteiger partial charge in [0.1, 0.15) is 0 Å². The van der Waals surface area contributed by atoms with Gasteiger partial charge in [-0.15, -0.1) is 0 Å². The first-order valence-corrected chi connectivity index (χ1v) is 10.5. The number of hydrogen-bond acceptors (Lipinski definition) is 3. The van der Waals surface area contributed by atoms with Crippen molar-refractivity contribution in [1.29, 1.82) is 0 Å². The average Bonchev–Trinajstić information content (AvgIpc) is 2.62. The molecule has 1 aromatic carbocycles. The Morgan fingerprint density at radius 3 is 2.58 bits per heavy atom. The summed E-state index contributed by atoms with van der Waals surface area (Å²) in [4.78, 5) is 2.69. The van der Waals surface area contributed by atoms with Crippen LogP contribution in [-0.2, 0) is 10.3 Å². The molecule has 1 heterocycles. The Bertz CT molecular complexity index is 641. The van der Waals surface area contributed by atoms with Crippen LogP contribution in [0.2, 0.25) is 0 Å². The van der Waals surface area contributed by atoms with Gasteiger partial charge in [-0.2, -0.15) is 0 Å². The van der Waals surface area contributed by atoms with E-state index in [9.17, 15) is 5.11 Å². The second-order valence-corrected chi connectivity index (χ2v) is 8.50. The van der Waals surface area contributed by atoms with E-state index >= 15 is 0 Å². The van der Waals surface area contributed by atoms with Crippen LogP contribution >= 0.6 is 0 Å². The van der Waals surface area contributed by atoms with Gasteiger partial charge in [-0.3, -0.25) is 4.90 Å². The Hall–Kier alpha value is -1.16. The Morgan fingerprint density at radius 2 is 1.88 bits per heavy atom. The molecule has 2 aliphatic carbocycles. The molecule has 0 radical (unpaired) electrons. The molecule has 3 aliphatic rings. The van der Waals surface area contributed by atoms with Crippen LogP contribution in [0.3, 0.4) is 0 Å². The van der Waals surface area contributed by atoms with Gasteiger partial charge in [-0.1, -0.05) is 42.3 Å². The second-order valence-electron chi connectivity index (χ2n) is 8.50. The number of hydrogen-bond donors (Lipinski definition) is 1. The van der Waals surface area contributed by atoms with Crippen LogP contribution in [0.25, 0.3) is 6.08 Å². The zero-order chi connectivity index (χ0) is 18.0. The molecule has 2 unspecified atom stereocenters. The molecule has 1 N–H and O–H groups in total. The fourth-order valence-electron chi connectivity index (χ4n) is 4.99. The summed E-state index contributed by atoms with van der Waals surface area (Å²) in [5.41, 5.74) is 3.09. The number of methoxy groups -OCH3 is 1. The van der Waals surface area contributed by atoms with Gasteiger partial charge in [-0.05, 0) is 56.1 Å². The summed E-state index contributed by atoms with van der Waals surface area (Å²) in [5, 5.41) is 11.4. The molecule has 0 aromatic heterocycles. The Labute approximate surface area is 158 Å². The molecule has 2 saturated carbocycles. The lowest BCUT2D eigenvalue weighted by atomic mass is 9.76. The summed E-state index contributed by atoms with van der Waals surface area (Å²) in [6.07, 6.45) is 12.7. The van der Waals surface area contributed by atoms with Crippen molar-refractivity contribution in [3.63, 3.8) is 0 Å². The van der Waals surface area contributed by atoms with Gasteiger partial charge >= 0.3 is 0 Å². The summed E-state index contributed by atoms with van der Waals surface area (Å²) < 4.78 is 5.57. The maximum atomic E-state index is 11.4. The van der Waals surface area contributed by atoms with Crippen molar-refractivity contribution in [1.82, 2.24) is 4.90 Å². The predicted octanol–water partition coefficient (Wildman–Crippen LogP) is 4.49. The summed E-state index contributed by atoms with van der Waals surface area (Å²) in [6.45, 7) is 2.41. The van der Waals surface area contributed by atoms with E-state index in [0.29, 0.717) is 6.42 Å². The van der Waals surface area contributed by atoms with Crippen LogP contribution in [-0.4, -0.2) is 42.4 Å². The standard InChI is InChI=1S/C23H33NO2/c1-26-21-9-5-13-23(25,17-21)22-10-3-2-6-19(22)16-18-11-14-24(15-12-18)20-7-4-8-20/h2-3,6,10,16,20-21,25H,4-5,7-9,11-15,17H2,1H3. The van der Waals surface area contributed by atoms with E-state index in [1.165, 1.54) is 56.3 Å². The zero-order valence-corrected chi connectivity index (χ0v) is 16.1. The molecule has 3 nitrogen and oxygen atoms in total. The first-order valence-electron chi connectivity index (χ1n) is 10.5. The minimum atomic E-state index is -0.751. The van der Waals surface area contributed by atoms with Crippen LogP contribution in [0.1, 0.15) is 68.9 Å². The van der Waals surface area contributed by atoms with Crippen molar-refractivity contribution in [2.75, 3.05) is 20.2 Å². The van der Waals surface area contributed by atoms with E-state index in [1.807, 2.05) is 0 Å². The molecule has 1 saturated heterocycles. The van der Waals surface area contributed by atoms with E-state index in [1.54, 1.807) is 7.11 Å². The molecule has 3 fully saturated rings. The minimum absolute atomic E-state index is 0.167. The molecule has 142 valence electrons. The third kappa shape index (κ3) is 3.76. The van der Waals surface area contributed by atoms with Crippen molar-refractivity contribution in [2.45, 2.75) is 75.5 Å². The summed E-state index contributed by atoms with van der Waals surface area (Å²) >= 11 is 0. The van der Waals surface area contributed by atoms with Gasteiger partial charge in [0.2, 0.25) is 0 Å². The fourth-order valence-corrected chi connectivity index (χ4v) is 4.99. The predicted molar refractivity (Wildman–Crippen MR) is 106 cm³/mol. The van der Waals surface area contributed by atoms with E-state index < -0.39 is 5.60 Å². The smallest absolute Gasteiger partial charge is 0.0927 e. The molecule has 1 aliphatic heterocycles. The van der Waals surface area contributed by atoms with Crippen LogP contribution < -0.4 is 0 Å². The number of aliphatic hydroxyl groups is 1. The van der Waals surface area contributed by atoms with Crippen LogP contribution in [0.4, 0.5) is 0 Å². The zero-order valence-electron chi connectivity index (χ0n) is 16.1. The average molecular weight is 356 g/mol. The monoisotopic (exact) mass is 355 g/mol. The van der Waals surface area contributed by atoms with Gasteiger partial charge in [0.15, 0.2) is 0 Å². The number of benzene rings is 1. The van der Waals surface area contributed by atoms with Crippen LogP contribution in [0.15, 0.2) is 29.8 Å². The van der Waals surface area contributed by atoms with E-state index in [0.717, 1.165) is 30.9 Å². The molecule has 1 aromatic rings. The highest BCUT2D eigenvalue weighted by molar-refractivity contribution is 5.58. The third-order valence-corrected chi connectivity index (χ3v) is 6.87. The lowest BCUT2D eigenvalue weighted by Crippen LogP contribution is -2.43. The maximum absolute atomic E-state index is 11.4.